The van der Waals surface area contributed by atoms with Gasteiger partial charge in [-0.1, -0.05) is 24.0 Å². The van der Waals surface area contributed by atoms with Gasteiger partial charge in [-0.05, 0) is 98.8 Å². The third-order valence-corrected chi connectivity index (χ3v) is 16.4. The first-order valence-corrected chi connectivity index (χ1v) is 28.8. The average molecular weight is 1220 g/mol. The molecule has 4 aromatic heterocycles. The van der Waals surface area contributed by atoms with E-state index in [1.165, 1.54) is 101 Å². The van der Waals surface area contributed by atoms with E-state index in [1.807, 2.05) is 9.80 Å². The van der Waals surface area contributed by atoms with Crippen molar-refractivity contribution in [3.63, 3.8) is 0 Å². The second-order valence-corrected chi connectivity index (χ2v) is 21.7. The number of alkyl halides is 2. The zero-order chi connectivity index (χ0) is 62.3. The zero-order valence-corrected chi connectivity index (χ0v) is 48.7. The van der Waals surface area contributed by atoms with E-state index in [-0.39, 0.29) is 85.6 Å². The lowest BCUT2D eigenvalue weighted by molar-refractivity contribution is 0.00341. The molecule has 10 heterocycles. The van der Waals surface area contributed by atoms with Crippen molar-refractivity contribution in [1.29, 1.82) is 0 Å². The summed E-state index contributed by atoms with van der Waals surface area (Å²) in [6.07, 6.45) is 19.2. The van der Waals surface area contributed by atoms with Gasteiger partial charge in [-0.15, -0.1) is 12.8 Å². The Labute approximate surface area is 503 Å². The molecule has 0 spiro atoms. The Hall–Kier alpha value is -8.36. The van der Waals surface area contributed by atoms with Gasteiger partial charge >= 0.3 is 12.0 Å². The molecular weight excluding hydrogens is 1150 g/mol. The van der Waals surface area contributed by atoms with Crippen LogP contribution in [-0.2, 0) is 9.47 Å². The number of phenolic OH excluding ortho intramolecular Hbond substituents is 2. The van der Waals surface area contributed by atoms with Crippen LogP contribution in [0, 0.1) is 48.0 Å². The van der Waals surface area contributed by atoms with Crippen molar-refractivity contribution in [1.82, 2.24) is 39.7 Å². The normalized spacial score (nSPS) is 20.6. The number of ether oxygens (including phenoxy) is 4. The number of terminal acetylenes is 2. The molecule has 6 saturated heterocycles. The zero-order valence-electron chi connectivity index (χ0n) is 48.7. The van der Waals surface area contributed by atoms with Gasteiger partial charge in [0.2, 0.25) is 0 Å². The molecule has 6 aliphatic rings. The third-order valence-electron chi connectivity index (χ3n) is 16.4. The number of aliphatic hydroxyl groups excluding tert-OH is 2. The first-order chi connectivity index (χ1) is 42.7. The van der Waals surface area contributed by atoms with Crippen molar-refractivity contribution in [2.45, 2.75) is 69.1 Å². The molecule has 0 amide bonds. The van der Waals surface area contributed by atoms with Crippen molar-refractivity contribution in [3.05, 3.63) is 95.3 Å². The number of morpholine rings is 2. The Morgan fingerprint density at radius 3 is 1.50 bits per heavy atom. The highest BCUT2D eigenvalue weighted by Crippen LogP contribution is 2.41. The van der Waals surface area contributed by atoms with Gasteiger partial charge in [0.25, 0.3) is 0 Å². The van der Waals surface area contributed by atoms with Gasteiger partial charge in [-0.2, -0.15) is 19.9 Å². The van der Waals surface area contributed by atoms with Gasteiger partial charge in [-0.25, -0.2) is 26.3 Å². The summed E-state index contributed by atoms with van der Waals surface area (Å²) in [5.41, 5.74) is -0.203. The molecule has 0 bridgehead atoms. The number of hydrogen-bond acceptors (Lipinski definition) is 18. The van der Waals surface area contributed by atoms with Gasteiger partial charge in [0.15, 0.2) is 11.6 Å². The summed E-state index contributed by atoms with van der Waals surface area (Å²) in [5, 5.41) is 39.1. The minimum atomic E-state index is -0.810. The van der Waals surface area contributed by atoms with Crippen LogP contribution in [-0.4, -0.2) is 191 Å². The summed E-state index contributed by atoms with van der Waals surface area (Å²) in [4.78, 5) is 34.2. The molecule has 462 valence electrons. The molecule has 14 rings (SSSR count). The van der Waals surface area contributed by atoms with Gasteiger partial charge in [0, 0.05) is 92.8 Å². The number of phenols is 2. The van der Waals surface area contributed by atoms with E-state index in [1.54, 1.807) is 0 Å². The van der Waals surface area contributed by atoms with Crippen LogP contribution in [0.4, 0.5) is 38.0 Å². The van der Waals surface area contributed by atoms with E-state index < -0.39 is 41.7 Å². The Bertz CT molecular complexity index is 3890. The van der Waals surface area contributed by atoms with Crippen LogP contribution >= 0.6 is 0 Å². The van der Waals surface area contributed by atoms with E-state index in [2.05, 4.69) is 51.5 Å². The third kappa shape index (κ3) is 13.0. The molecule has 6 aliphatic heterocycles. The average Bonchev–Trinajstić information content (AvgIpc) is 1.29. The molecule has 88 heavy (non-hydrogen) atoms. The van der Waals surface area contributed by atoms with Crippen LogP contribution in [0.1, 0.15) is 49.7 Å². The number of halogens is 6. The number of aromatic hydroxyl groups is 2. The lowest BCUT2D eigenvalue weighted by Gasteiger charge is -2.33. The fourth-order valence-electron chi connectivity index (χ4n) is 12.4. The lowest BCUT2D eigenvalue weighted by Crippen LogP contribution is -2.44. The molecule has 4 aromatic carbocycles. The molecule has 8 aromatic rings. The standard InChI is InChI=1S/C25H20F2N4O4.C24H18F2N4O3.2C7H12FN.CH4O/c1-3-16-19(26)5-4-13-8-14(33)9-17(20(13)16)22-21(27)23-18(10-28-22)24(30-25(29-23)34-2)31-6-7-35-15(11-31)12-32;1-3-15-18(25)5-4-13-10-14(31)11-16(19(13)15)21-20(26)22-17(12-27-21)23(29-24(28-22)32-2)30-6-8-33-9-7-30;2*8-6-4-7-2-1-3-9(7)5-6;1-2/h1,4-5,8-10,15,32-33H,6-7,11-12H2,2H3;1,4-5,10-12,31H,6-9H2,2H3;2*6-7H,1-5H2;2H,1H3. The van der Waals surface area contributed by atoms with E-state index in [0.29, 0.717) is 104 Å². The van der Waals surface area contributed by atoms with Crippen molar-refractivity contribution in [3.8, 4) is 70.7 Å². The Kier molecular flexibility index (Phi) is 19.8. The number of fused-ring (bicyclic) bond motifs is 6. The van der Waals surface area contributed by atoms with Crippen molar-refractivity contribution < 1.29 is 65.7 Å². The monoisotopic (exact) mass is 1220 g/mol. The summed E-state index contributed by atoms with van der Waals surface area (Å²) in [6.45, 7) is 6.84. The maximum Gasteiger partial charge on any atom is 0.318 e. The second kappa shape index (κ2) is 27.8. The number of methoxy groups -OCH3 is 2. The summed E-state index contributed by atoms with van der Waals surface area (Å²) in [5.74, 6) is 2.35. The molecule has 0 radical (unpaired) electrons. The smallest absolute Gasteiger partial charge is 0.318 e. The fraction of sp³-hybridized carbons (Fsp3) is 0.406. The van der Waals surface area contributed by atoms with E-state index in [4.69, 9.17) is 36.9 Å². The van der Waals surface area contributed by atoms with Crippen LogP contribution in [0.25, 0.3) is 65.9 Å². The molecule has 4 N–H and O–H groups in total. The number of anilines is 2. The molecule has 24 heteroatoms. The quantitative estimate of drug-likeness (QED) is 0.0869. The molecule has 18 nitrogen and oxygen atoms in total. The summed E-state index contributed by atoms with van der Waals surface area (Å²) in [6, 6.07) is 11.9. The predicted molar refractivity (Wildman–Crippen MR) is 321 cm³/mol. The second-order valence-electron chi connectivity index (χ2n) is 21.7. The molecule has 0 aliphatic carbocycles. The minimum absolute atomic E-state index is 0.00355. The number of rotatable bonds is 7. The lowest BCUT2D eigenvalue weighted by atomic mass is 9.96. The van der Waals surface area contributed by atoms with Gasteiger partial charge in [-0.3, -0.25) is 19.8 Å². The maximum atomic E-state index is 16.0. The molecular formula is C64H66F6N10O8. The number of hydrogen-bond donors (Lipinski definition) is 4. The first-order valence-electron chi connectivity index (χ1n) is 28.8. The summed E-state index contributed by atoms with van der Waals surface area (Å²) >= 11 is 0. The molecule has 6 fully saturated rings. The minimum Gasteiger partial charge on any atom is -0.508 e. The highest BCUT2D eigenvalue weighted by Gasteiger charge is 2.36. The highest BCUT2D eigenvalue weighted by molar-refractivity contribution is 6.04. The Morgan fingerprint density at radius 2 is 1.07 bits per heavy atom. The van der Waals surface area contributed by atoms with E-state index >= 15 is 8.78 Å². The van der Waals surface area contributed by atoms with Crippen molar-refractivity contribution >= 4 is 55.0 Å². The molecule has 0 saturated carbocycles. The predicted octanol–water partition coefficient (Wildman–Crippen LogP) is 8.67. The Balaban J connectivity index is 0.000000148. The van der Waals surface area contributed by atoms with Gasteiger partial charge < -0.3 is 49.2 Å². The van der Waals surface area contributed by atoms with E-state index in [0.717, 1.165) is 33.0 Å². The first kappa shape index (κ1) is 62.7. The largest absolute Gasteiger partial charge is 0.508 e. The van der Waals surface area contributed by atoms with Crippen LogP contribution < -0.4 is 19.3 Å². The fourth-order valence-corrected chi connectivity index (χ4v) is 12.4. The summed E-state index contributed by atoms with van der Waals surface area (Å²) < 4.78 is 107. The van der Waals surface area contributed by atoms with Crippen molar-refractivity contribution in [2.75, 3.05) is 110 Å². The number of pyridine rings is 2. The molecule has 5 atom stereocenters. The topological polar surface area (TPSA) is 208 Å². The van der Waals surface area contributed by atoms with Crippen molar-refractivity contribution in [2.24, 2.45) is 0 Å². The summed E-state index contributed by atoms with van der Waals surface area (Å²) in [7, 11) is 3.76. The number of nitrogens with zero attached hydrogens (tertiary/aromatic N) is 10. The number of aromatic nitrogens is 6. The van der Waals surface area contributed by atoms with E-state index in [9.17, 15) is 32.9 Å². The Morgan fingerprint density at radius 1 is 0.614 bits per heavy atom. The van der Waals surface area contributed by atoms with Crippen LogP contribution in [0.15, 0.2) is 60.9 Å². The van der Waals surface area contributed by atoms with Gasteiger partial charge in [0.05, 0.1) is 68.7 Å². The van der Waals surface area contributed by atoms with Crippen LogP contribution in [0.3, 0.4) is 0 Å². The van der Waals surface area contributed by atoms with Crippen LogP contribution in [0.2, 0.25) is 0 Å². The van der Waals surface area contributed by atoms with Gasteiger partial charge in [0.1, 0.15) is 69.5 Å². The van der Waals surface area contributed by atoms with Crippen LogP contribution in [0.5, 0.6) is 23.5 Å². The highest BCUT2D eigenvalue weighted by atomic mass is 19.2. The SMILES string of the molecule is C#Cc1c(F)ccc2cc(O)cc(-c3ncc4c(N5CCOC(CO)C5)nc(OC)nc4c3F)c12.C#Cc1c(F)ccc2cc(O)cc(-c3ncc4c(N5CCOCC5)nc(OC)nc4c3F)c12.CO.FC1CC2CCCN2C1.FC1CC2CCCN2C1. The molecule has 5 unspecified atom stereocenters. The number of aliphatic hydroxyl groups is 2. The number of benzene rings is 4. The maximum absolute atomic E-state index is 16.0.